The van der Waals surface area contributed by atoms with Gasteiger partial charge in [-0.15, -0.1) is 6.58 Å². The lowest BCUT2D eigenvalue weighted by molar-refractivity contribution is 0.428. The van der Waals surface area contributed by atoms with Gasteiger partial charge in [-0.25, -0.2) is 0 Å². The minimum atomic E-state index is 1.03. The first-order valence-electron chi connectivity index (χ1n) is 3.16. The maximum atomic E-state index is 3.80. The molecular formula is C8H15N. The highest BCUT2D eigenvalue weighted by atomic mass is 15.1. The van der Waals surface area contributed by atoms with Crippen molar-refractivity contribution in [1.29, 1.82) is 0 Å². The van der Waals surface area contributed by atoms with Gasteiger partial charge in [-0.3, -0.25) is 0 Å². The van der Waals surface area contributed by atoms with E-state index in [1.165, 1.54) is 0 Å². The van der Waals surface area contributed by atoms with Crippen molar-refractivity contribution in [3.05, 3.63) is 24.9 Å². The summed E-state index contributed by atoms with van der Waals surface area (Å²) in [6.45, 7) is 10.5. The van der Waals surface area contributed by atoms with Crippen LogP contribution in [-0.2, 0) is 0 Å². The third kappa shape index (κ3) is 3.83. The molecule has 0 aliphatic heterocycles. The highest BCUT2D eigenvalue weighted by Gasteiger charge is 1.91. The SMILES string of the molecule is C=CCCN(C)C(=C)C. The molecule has 0 amide bonds. The zero-order valence-corrected chi connectivity index (χ0v) is 6.35. The number of rotatable bonds is 4. The molecular weight excluding hydrogens is 110 g/mol. The van der Waals surface area contributed by atoms with Gasteiger partial charge in [0, 0.05) is 19.3 Å². The second-order valence-corrected chi connectivity index (χ2v) is 2.23. The van der Waals surface area contributed by atoms with Crippen LogP contribution < -0.4 is 0 Å². The van der Waals surface area contributed by atoms with E-state index in [9.17, 15) is 0 Å². The van der Waals surface area contributed by atoms with Crippen molar-refractivity contribution in [1.82, 2.24) is 4.90 Å². The van der Waals surface area contributed by atoms with Gasteiger partial charge in [-0.2, -0.15) is 0 Å². The van der Waals surface area contributed by atoms with Crippen LogP contribution in [0.5, 0.6) is 0 Å². The van der Waals surface area contributed by atoms with E-state index in [2.05, 4.69) is 18.1 Å². The van der Waals surface area contributed by atoms with Gasteiger partial charge in [0.1, 0.15) is 0 Å². The number of nitrogens with zero attached hydrogens (tertiary/aromatic N) is 1. The summed E-state index contributed by atoms with van der Waals surface area (Å²) in [5, 5.41) is 0. The van der Waals surface area contributed by atoms with Crippen LogP contribution in [0.25, 0.3) is 0 Å². The monoisotopic (exact) mass is 125 g/mol. The lowest BCUT2D eigenvalue weighted by Crippen LogP contribution is -2.15. The molecule has 1 heteroatoms. The van der Waals surface area contributed by atoms with Gasteiger partial charge in [0.25, 0.3) is 0 Å². The van der Waals surface area contributed by atoms with Crippen molar-refractivity contribution in [2.45, 2.75) is 13.3 Å². The molecule has 0 aromatic heterocycles. The molecule has 0 bridgehead atoms. The molecule has 0 unspecified atom stereocenters. The molecule has 0 atom stereocenters. The third-order valence-electron chi connectivity index (χ3n) is 1.32. The van der Waals surface area contributed by atoms with E-state index in [0.29, 0.717) is 0 Å². The van der Waals surface area contributed by atoms with Crippen LogP contribution in [0.3, 0.4) is 0 Å². The molecule has 9 heavy (non-hydrogen) atoms. The second kappa shape index (κ2) is 4.19. The summed E-state index contributed by atoms with van der Waals surface area (Å²) in [7, 11) is 2.03. The van der Waals surface area contributed by atoms with Gasteiger partial charge in [0.15, 0.2) is 0 Å². The van der Waals surface area contributed by atoms with Crippen molar-refractivity contribution in [2.24, 2.45) is 0 Å². The largest absolute Gasteiger partial charge is 0.378 e. The van der Waals surface area contributed by atoms with E-state index in [4.69, 9.17) is 0 Å². The van der Waals surface area contributed by atoms with E-state index < -0.39 is 0 Å². The quantitative estimate of drug-likeness (QED) is 0.520. The van der Waals surface area contributed by atoms with Gasteiger partial charge in [-0.05, 0) is 13.3 Å². The molecule has 0 heterocycles. The Morgan fingerprint density at radius 1 is 1.67 bits per heavy atom. The Morgan fingerprint density at radius 2 is 2.22 bits per heavy atom. The lowest BCUT2D eigenvalue weighted by Gasteiger charge is -2.16. The zero-order chi connectivity index (χ0) is 7.28. The summed E-state index contributed by atoms with van der Waals surface area (Å²) in [5.41, 5.74) is 1.11. The van der Waals surface area contributed by atoms with Crippen LogP contribution >= 0.6 is 0 Å². The van der Waals surface area contributed by atoms with E-state index in [0.717, 1.165) is 18.7 Å². The molecule has 0 aliphatic rings. The molecule has 0 aromatic carbocycles. The Balaban J connectivity index is 3.37. The van der Waals surface area contributed by atoms with E-state index in [1.54, 1.807) is 0 Å². The van der Waals surface area contributed by atoms with E-state index in [1.807, 2.05) is 20.0 Å². The fourth-order valence-corrected chi connectivity index (χ4v) is 0.476. The third-order valence-corrected chi connectivity index (χ3v) is 1.32. The van der Waals surface area contributed by atoms with Gasteiger partial charge < -0.3 is 4.90 Å². The van der Waals surface area contributed by atoms with Gasteiger partial charge in [0.05, 0.1) is 0 Å². The van der Waals surface area contributed by atoms with Crippen LogP contribution in [0.4, 0.5) is 0 Å². The van der Waals surface area contributed by atoms with E-state index >= 15 is 0 Å². The lowest BCUT2D eigenvalue weighted by atomic mass is 10.4. The average molecular weight is 125 g/mol. The smallest absolute Gasteiger partial charge is 0.0205 e. The maximum absolute atomic E-state index is 3.80. The molecule has 0 aliphatic carbocycles. The Morgan fingerprint density at radius 3 is 2.56 bits per heavy atom. The van der Waals surface area contributed by atoms with Crippen molar-refractivity contribution in [2.75, 3.05) is 13.6 Å². The molecule has 0 N–H and O–H groups in total. The Kier molecular flexibility index (Phi) is 3.85. The number of hydrogen-bond donors (Lipinski definition) is 0. The van der Waals surface area contributed by atoms with Crippen molar-refractivity contribution < 1.29 is 0 Å². The van der Waals surface area contributed by atoms with Crippen LogP contribution in [0.2, 0.25) is 0 Å². The molecule has 0 saturated carbocycles. The molecule has 0 rings (SSSR count). The maximum Gasteiger partial charge on any atom is 0.0205 e. The minimum Gasteiger partial charge on any atom is -0.378 e. The molecule has 52 valence electrons. The first kappa shape index (κ1) is 8.28. The highest BCUT2D eigenvalue weighted by Crippen LogP contribution is 1.96. The van der Waals surface area contributed by atoms with Crippen molar-refractivity contribution >= 4 is 0 Å². The molecule has 0 aromatic rings. The fourth-order valence-electron chi connectivity index (χ4n) is 0.476. The summed E-state index contributed by atoms with van der Waals surface area (Å²) in [5.74, 6) is 0. The average Bonchev–Trinajstić information content (AvgIpc) is 1.82. The summed E-state index contributed by atoms with van der Waals surface area (Å²) in [6, 6.07) is 0. The predicted molar refractivity (Wildman–Crippen MR) is 42.3 cm³/mol. The Hall–Kier alpha value is -0.720. The van der Waals surface area contributed by atoms with Crippen LogP contribution in [0, 0.1) is 0 Å². The Bertz CT molecular complexity index is 105. The van der Waals surface area contributed by atoms with Crippen LogP contribution in [-0.4, -0.2) is 18.5 Å². The van der Waals surface area contributed by atoms with Crippen LogP contribution in [0.1, 0.15) is 13.3 Å². The van der Waals surface area contributed by atoms with Gasteiger partial charge in [0.2, 0.25) is 0 Å². The predicted octanol–water partition coefficient (Wildman–Crippen LogP) is 2.03. The summed E-state index contributed by atoms with van der Waals surface area (Å²) >= 11 is 0. The van der Waals surface area contributed by atoms with Crippen LogP contribution in [0.15, 0.2) is 24.9 Å². The normalized spacial score (nSPS) is 8.67. The van der Waals surface area contributed by atoms with Crippen molar-refractivity contribution in [3.63, 3.8) is 0 Å². The summed E-state index contributed by atoms with van der Waals surface area (Å²) < 4.78 is 0. The van der Waals surface area contributed by atoms with Crippen molar-refractivity contribution in [3.8, 4) is 0 Å². The van der Waals surface area contributed by atoms with Gasteiger partial charge >= 0.3 is 0 Å². The molecule has 0 spiro atoms. The highest BCUT2D eigenvalue weighted by molar-refractivity contribution is 4.86. The summed E-state index contributed by atoms with van der Waals surface area (Å²) in [4.78, 5) is 2.11. The first-order valence-corrected chi connectivity index (χ1v) is 3.16. The number of hydrogen-bond acceptors (Lipinski definition) is 1. The van der Waals surface area contributed by atoms with E-state index in [-0.39, 0.29) is 0 Å². The minimum absolute atomic E-state index is 1.03. The topological polar surface area (TPSA) is 3.24 Å². The first-order chi connectivity index (χ1) is 4.18. The summed E-state index contributed by atoms with van der Waals surface area (Å²) in [6.07, 6.45) is 2.95. The molecule has 0 fully saturated rings. The standard InChI is InChI=1S/C8H15N/c1-5-6-7-9(4)8(2)3/h5H,1-2,6-7H2,3-4H3. The second-order valence-electron chi connectivity index (χ2n) is 2.23. The zero-order valence-electron chi connectivity index (χ0n) is 6.35. The molecule has 1 nitrogen and oxygen atoms in total. The number of allylic oxidation sites excluding steroid dienone is 1. The fraction of sp³-hybridized carbons (Fsp3) is 0.500. The Labute approximate surface area is 57.7 Å². The molecule has 0 radical (unpaired) electrons. The molecule has 0 saturated heterocycles. The van der Waals surface area contributed by atoms with Gasteiger partial charge in [-0.1, -0.05) is 12.7 Å².